The lowest BCUT2D eigenvalue weighted by Crippen LogP contribution is -2.44. The quantitative estimate of drug-likeness (QED) is 0.269. The van der Waals surface area contributed by atoms with Gasteiger partial charge in [-0.2, -0.15) is 0 Å². The molecule has 0 amide bonds. The van der Waals surface area contributed by atoms with Crippen LogP contribution in [0, 0.1) is 5.41 Å². The van der Waals surface area contributed by atoms with E-state index in [0.29, 0.717) is 12.4 Å². The highest BCUT2D eigenvalue weighted by Gasteiger charge is 2.34. The average molecular weight is 469 g/mol. The van der Waals surface area contributed by atoms with E-state index in [1.54, 1.807) is 12.1 Å². The van der Waals surface area contributed by atoms with Crippen molar-refractivity contribution < 1.29 is 24.1 Å². The van der Waals surface area contributed by atoms with Crippen molar-refractivity contribution in [2.24, 2.45) is 5.41 Å². The Morgan fingerprint density at radius 1 is 1.03 bits per heavy atom. The first-order valence-electron chi connectivity index (χ1n) is 12.8. The number of carboxylic acids is 1. The fraction of sp³-hybridized carbons (Fsp3) is 0.552. The van der Waals surface area contributed by atoms with Gasteiger partial charge >= 0.3 is 5.97 Å². The van der Waals surface area contributed by atoms with Gasteiger partial charge in [0.2, 0.25) is 0 Å². The molecule has 0 spiro atoms. The van der Waals surface area contributed by atoms with Crippen LogP contribution in [0.1, 0.15) is 75.6 Å². The first kappa shape index (κ1) is 26.2. The van der Waals surface area contributed by atoms with Crippen molar-refractivity contribution in [1.29, 1.82) is 0 Å². The Kier molecular flexibility index (Phi) is 10.4. The third-order valence-electron chi connectivity index (χ3n) is 6.44. The molecule has 1 unspecified atom stereocenters. The molecule has 0 aliphatic carbocycles. The minimum atomic E-state index is -0.950. The average Bonchev–Trinajstić information content (AvgIpc) is 2.83. The van der Waals surface area contributed by atoms with Gasteiger partial charge in [0.05, 0.1) is 38.1 Å². The monoisotopic (exact) mass is 468 g/mol. The molecule has 186 valence electrons. The molecule has 1 aliphatic heterocycles. The van der Waals surface area contributed by atoms with Crippen LogP contribution < -0.4 is 4.74 Å². The molecule has 0 radical (unpaired) electrons. The Bertz CT molecular complexity index is 875. The van der Waals surface area contributed by atoms with Crippen LogP contribution in [-0.2, 0) is 9.47 Å². The number of ether oxygens (including phenoxy) is 3. The van der Waals surface area contributed by atoms with Crippen LogP contribution in [0.15, 0.2) is 48.5 Å². The molecule has 5 nitrogen and oxygen atoms in total. The van der Waals surface area contributed by atoms with Crippen molar-refractivity contribution in [3.8, 4) is 16.9 Å². The van der Waals surface area contributed by atoms with Crippen molar-refractivity contribution in [2.45, 2.75) is 71.3 Å². The highest BCUT2D eigenvalue weighted by molar-refractivity contribution is 5.89. The third-order valence-corrected chi connectivity index (χ3v) is 6.44. The smallest absolute Gasteiger partial charge is 0.335 e. The number of carboxylic acid groups (broad SMARTS) is 1. The topological polar surface area (TPSA) is 65.0 Å². The van der Waals surface area contributed by atoms with Gasteiger partial charge < -0.3 is 19.3 Å². The van der Waals surface area contributed by atoms with Gasteiger partial charge in [-0.05, 0) is 43.0 Å². The number of hydrogen-bond acceptors (Lipinski definition) is 4. The normalized spacial score (nSPS) is 15.5. The summed E-state index contributed by atoms with van der Waals surface area (Å²) in [6, 6.07) is 15.0. The zero-order valence-electron chi connectivity index (χ0n) is 20.8. The Hall–Kier alpha value is -2.37. The van der Waals surface area contributed by atoms with E-state index in [0.717, 1.165) is 50.2 Å². The van der Waals surface area contributed by atoms with Crippen LogP contribution in [-0.4, -0.2) is 43.6 Å². The summed E-state index contributed by atoms with van der Waals surface area (Å²) in [6.45, 7) is 7.29. The summed E-state index contributed by atoms with van der Waals surface area (Å²) in [5, 5.41) is 9.42. The predicted molar refractivity (Wildman–Crippen MR) is 136 cm³/mol. The Morgan fingerprint density at radius 2 is 1.76 bits per heavy atom. The molecule has 0 saturated carbocycles. The molecule has 2 aromatic rings. The standard InChI is InChI=1S/C29H40O5/c1-3-4-5-6-10-14-25(34-22-29(2)20-32-21-29)15-11-18-33-27-19-24(28(30)31)16-17-26(27)23-12-8-7-9-13-23/h7-9,12-13,16-17,19,25H,3-6,10-11,14-15,18,20-22H2,1-2H3,(H,30,31). The summed E-state index contributed by atoms with van der Waals surface area (Å²) in [4.78, 5) is 11.5. The zero-order chi connectivity index (χ0) is 24.2. The summed E-state index contributed by atoms with van der Waals surface area (Å²) in [5.74, 6) is -0.336. The number of unbranched alkanes of at least 4 members (excludes halogenated alkanes) is 4. The molecule has 3 rings (SSSR count). The summed E-state index contributed by atoms with van der Waals surface area (Å²) >= 11 is 0. The molecule has 1 aliphatic rings. The van der Waals surface area contributed by atoms with Crippen LogP contribution in [0.5, 0.6) is 5.75 Å². The second kappa shape index (κ2) is 13.5. The molecule has 2 aromatic carbocycles. The lowest BCUT2D eigenvalue weighted by molar-refractivity contribution is -0.150. The van der Waals surface area contributed by atoms with Gasteiger partial charge in [0.25, 0.3) is 0 Å². The zero-order valence-corrected chi connectivity index (χ0v) is 20.8. The van der Waals surface area contributed by atoms with Gasteiger partial charge in [0.1, 0.15) is 5.75 Å². The van der Waals surface area contributed by atoms with E-state index in [-0.39, 0.29) is 17.1 Å². The maximum Gasteiger partial charge on any atom is 0.335 e. The van der Waals surface area contributed by atoms with Gasteiger partial charge in [-0.25, -0.2) is 4.79 Å². The highest BCUT2D eigenvalue weighted by atomic mass is 16.5. The summed E-state index contributed by atoms with van der Waals surface area (Å²) < 4.78 is 17.8. The fourth-order valence-electron chi connectivity index (χ4n) is 4.26. The fourth-order valence-corrected chi connectivity index (χ4v) is 4.26. The van der Waals surface area contributed by atoms with Gasteiger partial charge in [-0.3, -0.25) is 0 Å². The van der Waals surface area contributed by atoms with E-state index in [2.05, 4.69) is 13.8 Å². The van der Waals surface area contributed by atoms with Gasteiger partial charge in [-0.1, -0.05) is 76.3 Å². The second-order valence-corrected chi connectivity index (χ2v) is 9.81. The lowest BCUT2D eigenvalue weighted by Gasteiger charge is -2.38. The molecule has 1 heterocycles. The van der Waals surface area contributed by atoms with E-state index in [1.165, 1.54) is 32.1 Å². The maximum absolute atomic E-state index is 11.5. The van der Waals surface area contributed by atoms with Crippen LogP contribution in [0.2, 0.25) is 0 Å². The number of rotatable bonds is 16. The molecule has 0 bridgehead atoms. The van der Waals surface area contributed by atoms with E-state index < -0.39 is 5.97 Å². The molecule has 34 heavy (non-hydrogen) atoms. The molecular formula is C29H40O5. The van der Waals surface area contributed by atoms with E-state index in [9.17, 15) is 9.90 Å². The highest BCUT2D eigenvalue weighted by Crippen LogP contribution is 2.32. The molecule has 1 fully saturated rings. The largest absolute Gasteiger partial charge is 0.493 e. The van der Waals surface area contributed by atoms with Crippen LogP contribution >= 0.6 is 0 Å². The number of aromatic carboxylic acids is 1. The predicted octanol–water partition coefficient (Wildman–Crippen LogP) is 6.99. The Labute approximate surface area is 204 Å². The molecule has 1 N–H and O–H groups in total. The van der Waals surface area contributed by atoms with Crippen LogP contribution in [0.25, 0.3) is 11.1 Å². The summed E-state index contributed by atoms with van der Waals surface area (Å²) in [5.41, 5.74) is 2.31. The van der Waals surface area contributed by atoms with Crippen molar-refractivity contribution in [1.82, 2.24) is 0 Å². The Balaban J connectivity index is 1.55. The SMILES string of the molecule is CCCCCCCC(CCCOc1cc(C(=O)O)ccc1-c1ccccc1)OCC1(C)COC1. The van der Waals surface area contributed by atoms with Gasteiger partial charge in [-0.15, -0.1) is 0 Å². The molecular weight excluding hydrogens is 428 g/mol. The second-order valence-electron chi connectivity index (χ2n) is 9.81. The van der Waals surface area contributed by atoms with Crippen LogP contribution in [0.4, 0.5) is 0 Å². The first-order chi connectivity index (χ1) is 16.5. The third kappa shape index (κ3) is 8.14. The van der Waals surface area contributed by atoms with Crippen molar-refractivity contribution in [3.05, 3.63) is 54.1 Å². The van der Waals surface area contributed by atoms with E-state index >= 15 is 0 Å². The number of hydrogen-bond donors (Lipinski definition) is 1. The van der Waals surface area contributed by atoms with Gasteiger partial charge in [0.15, 0.2) is 0 Å². The van der Waals surface area contributed by atoms with Crippen LogP contribution in [0.3, 0.4) is 0 Å². The van der Waals surface area contributed by atoms with Crippen molar-refractivity contribution in [3.63, 3.8) is 0 Å². The Morgan fingerprint density at radius 3 is 2.44 bits per heavy atom. The minimum absolute atomic E-state index is 0.152. The van der Waals surface area contributed by atoms with E-state index in [4.69, 9.17) is 14.2 Å². The first-order valence-corrected chi connectivity index (χ1v) is 12.8. The summed E-state index contributed by atoms with van der Waals surface area (Å²) in [7, 11) is 0. The van der Waals surface area contributed by atoms with Crippen molar-refractivity contribution >= 4 is 5.97 Å². The van der Waals surface area contributed by atoms with Gasteiger partial charge in [0, 0.05) is 11.0 Å². The maximum atomic E-state index is 11.5. The lowest BCUT2D eigenvalue weighted by atomic mass is 9.90. The molecule has 1 saturated heterocycles. The minimum Gasteiger partial charge on any atom is -0.493 e. The number of carbonyl (C=O) groups is 1. The van der Waals surface area contributed by atoms with E-state index in [1.807, 2.05) is 36.4 Å². The number of benzene rings is 2. The van der Waals surface area contributed by atoms with Crippen molar-refractivity contribution in [2.75, 3.05) is 26.4 Å². The summed E-state index contributed by atoms with van der Waals surface area (Å²) in [6.07, 6.45) is 9.39. The molecule has 1 atom stereocenters. The molecule has 0 aromatic heterocycles. The molecule has 5 heteroatoms.